The van der Waals surface area contributed by atoms with Crippen LogP contribution in [0.3, 0.4) is 0 Å². The van der Waals surface area contributed by atoms with E-state index in [2.05, 4.69) is 30.2 Å². The van der Waals surface area contributed by atoms with Crippen molar-refractivity contribution < 1.29 is 0 Å². The lowest BCUT2D eigenvalue weighted by molar-refractivity contribution is 0.462. The molecule has 2 aliphatic rings. The van der Waals surface area contributed by atoms with Crippen LogP contribution in [0, 0.1) is 11.3 Å². The van der Waals surface area contributed by atoms with Gasteiger partial charge in [-0.25, -0.2) is 0 Å². The molecule has 1 aromatic rings. The summed E-state index contributed by atoms with van der Waals surface area (Å²) in [4.78, 5) is 4.51. The minimum Gasteiger partial charge on any atom is -0.308 e. The molecule has 1 N–H and O–H groups in total. The monoisotopic (exact) mass is 216 g/mol. The molecule has 0 bridgehead atoms. The van der Waals surface area contributed by atoms with Crippen LogP contribution in [0.4, 0.5) is 0 Å². The molecule has 1 saturated carbocycles. The van der Waals surface area contributed by atoms with E-state index >= 15 is 0 Å². The number of aromatic nitrogens is 1. The highest BCUT2D eigenvalue weighted by molar-refractivity contribution is 5.27. The van der Waals surface area contributed by atoms with E-state index in [1.807, 2.05) is 12.3 Å². The van der Waals surface area contributed by atoms with Crippen LogP contribution in [0.1, 0.15) is 44.0 Å². The molecular formula is C14H20N2. The molecule has 1 fully saturated rings. The predicted octanol–water partition coefficient (Wildman–Crippen LogP) is 2.70. The summed E-state index contributed by atoms with van der Waals surface area (Å²) in [5, 5.41) is 3.69. The Hall–Kier alpha value is -0.890. The molecule has 0 spiro atoms. The Kier molecular flexibility index (Phi) is 2.28. The second-order valence-corrected chi connectivity index (χ2v) is 5.94. The molecule has 2 heteroatoms. The Bertz CT molecular complexity index is 397. The quantitative estimate of drug-likeness (QED) is 0.840. The van der Waals surface area contributed by atoms with E-state index in [1.165, 1.54) is 30.5 Å². The average Bonchev–Trinajstić information content (AvgIpc) is 2.73. The fourth-order valence-corrected chi connectivity index (χ4v) is 2.82. The van der Waals surface area contributed by atoms with Gasteiger partial charge in [-0.3, -0.25) is 4.98 Å². The number of aryl methyl sites for hydroxylation is 1. The van der Waals surface area contributed by atoms with Crippen molar-refractivity contribution in [3.63, 3.8) is 0 Å². The zero-order valence-corrected chi connectivity index (χ0v) is 10.2. The molecule has 0 amide bonds. The van der Waals surface area contributed by atoms with Gasteiger partial charge in [-0.05, 0) is 48.8 Å². The lowest BCUT2D eigenvalue weighted by atomic mass is 10.1. The summed E-state index contributed by atoms with van der Waals surface area (Å²) in [6, 6.07) is 4.77. The van der Waals surface area contributed by atoms with Crippen LogP contribution in [0.25, 0.3) is 0 Å². The van der Waals surface area contributed by atoms with E-state index < -0.39 is 0 Å². The van der Waals surface area contributed by atoms with E-state index in [0.717, 1.165) is 12.5 Å². The first-order chi connectivity index (χ1) is 7.67. The highest BCUT2D eigenvalue weighted by Crippen LogP contribution is 2.51. The summed E-state index contributed by atoms with van der Waals surface area (Å²) in [7, 11) is 0. The lowest BCUT2D eigenvalue weighted by Gasteiger charge is -2.13. The summed E-state index contributed by atoms with van der Waals surface area (Å²) in [5.74, 6) is 0.875. The number of nitrogens with one attached hydrogen (secondary N) is 1. The van der Waals surface area contributed by atoms with Gasteiger partial charge in [0.05, 0.1) is 11.7 Å². The third-order valence-electron chi connectivity index (χ3n) is 4.29. The van der Waals surface area contributed by atoms with Crippen molar-refractivity contribution in [2.24, 2.45) is 11.3 Å². The van der Waals surface area contributed by atoms with E-state index in [-0.39, 0.29) is 0 Å². The predicted molar refractivity (Wildman–Crippen MR) is 65.2 cm³/mol. The van der Waals surface area contributed by atoms with Gasteiger partial charge in [-0.1, -0.05) is 19.9 Å². The average molecular weight is 216 g/mol. The number of fused-ring (bicyclic) bond motifs is 1. The normalized spacial score (nSPS) is 30.1. The third-order valence-corrected chi connectivity index (χ3v) is 4.29. The number of pyridine rings is 1. The first kappa shape index (κ1) is 10.3. The minimum atomic E-state index is 0.507. The zero-order chi connectivity index (χ0) is 11.2. The van der Waals surface area contributed by atoms with Gasteiger partial charge < -0.3 is 5.32 Å². The molecule has 2 nitrogen and oxygen atoms in total. The Morgan fingerprint density at radius 2 is 2.31 bits per heavy atom. The number of hydrogen-bond acceptors (Lipinski definition) is 2. The van der Waals surface area contributed by atoms with Crippen LogP contribution in [-0.2, 0) is 6.42 Å². The van der Waals surface area contributed by atoms with Gasteiger partial charge in [0, 0.05) is 6.20 Å². The molecule has 0 aliphatic heterocycles. The molecule has 1 heterocycles. The molecule has 2 aliphatic carbocycles. The zero-order valence-electron chi connectivity index (χ0n) is 10.2. The van der Waals surface area contributed by atoms with Crippen LogP contribution in [0.2, 0.25) is 0 Å². The fourth-order valence-electron chi connectivity index (χ4n) is 2.82. The van der Waals surface area contributed by atoms with Crippen molar-refractivity contribution in [1.29, 1.82) is 0 Å². The van der Waals surface area contributed by atoms with Crippen molar-refractivity contribution in [2.75, 3.05) is 6.54 Å². The molecule has 16 heavy (non-hydrogen) atoms. The maximum Gasteiger partial charge on any atom is 0.0605 e. The van der Waals surface area contributed by atoms with Crippen molar-refractivity contribution in [3.05, 3.63) is 29.6 Å². The Morgan fingerprint density at radius 1 is 1.50 bits per heavy atom. The van der Waals surface area contributed by atoms with Gasteiger partial charge in [-0.15, -0.1) is 0 Å². The van der Waals surface area contributed by atoms with Gasteiger partial charge in [-0.2, -0.15) is 0 Å². The minimum absolute atomic E-state index is 0.507. The molecule has 0 aromatic carbocycles. The maximum absolute atomic E-state index is 4.51. The number of hydrogen-bond donors (Lipinski definition) is 1. The van der Waals surface area contributed by atoms with Crippen molar-refractivity contribution in [2.45, 2.75) is 39.2 Å². The summed E-state index contributed by atoms with van der Waals surface area (Å²) >= 11 is 0. The smallest absolute Gasteiger partial charge is 0.0605 e. The van der Waals surface area contributed by atoms with Gasteiger partial charge in [0.25, 0.3) is 0 Å². The third kappa shape index (κ3) is 1.75. The van der Waals surface area contributed by atoms with Gasteiger partial charge in [0.15, 0.2) is 0 Å². The van der Waals surface area contributed by atoms with Gasteiger partial charge in [0.2, 0.25) is 0 Å². The summed E-state index contributed by atoms with van der Waals surface area (Å²) < 4.78 is 0. The highest BCUT2D eigenvalue weighted by Gasteiger charge is 2.45. The van der Waals surface area contributed by atoms with Gasteiger partial charge in [0.1, 0.15) is 0 Å². The van der Waals surface area contributed by atoms with Crippen LogP contribution >= 0.6 is 0 Å². The Morgan fingerprint density at radius 3 is 3.06 bits per heavy atom. The standard InChI is InChI=1S/C14H20N2/c1-14(2)8-11(14)9-16-12-6-5-10-4-3-7-15-13(10)12/h3-4,7,11-12,16H,5-6,8-9H2,1-2H3. The van der Waals surface area contributed by atoms with Crippen LogP contribution in [0.5, 0.6) is 0 Å². The Labute approximate surface area is 97.5 Å². The SMILES string of the molecule is CC1(C)CC1CNC1CCc2cccnc21. The number of nitrogens with zero attached hydrogens (tertiary/aromatic N) is 1. The summed E-state index contributed by atoms with van der Waals surface area (Å²) in [6.07, 6.45) is 5.70. The molecular weight excluding hydrogens is 196 g/mol. The summed E-state index contributed by atoms with van der Waals surface area (Å²) in [5.41, 5.74) is 3.31. The summed E-state index contributed by atoms with van der Waals surface area (Å²) in [6.45, 7) is 5.88. The molecule has 0 radical (unpaired) electrons. The van der Waals surface area contributed by atoms with E-state index in [9.17, 15) is 0 Å². The van der Waals surface area contributed by atoms with Gasteiger partial charge >= 0.3 is 0 Å². The van der Waals surface area contributed by atoms with Crippen LogP contribution < -0.4 is 5.32 Å². The molecule has 86 valence electrons. The molecule has 1 aromatic heterocycles. The highest BCUT2D eigenvalue weighted by atomic mass is 15.0. The van der Waals surface area contributed by atoms with Crippen molar-refractivity contribution >= 4 is 0 Å². The van der Waals surface area contributed by atoms with E-state index in [4.69, 9.17) is 0 Å². The largest absolute Gasteiger partial charge is 0.308 e. The van der Waals surface area contributed by atoms with Crippen molar-refractivity contribution in [1.82, 2.24) is 10.3 Å². The first-order valence-corrected chi connectivity index (χ1v) is 6.34. The maximum atomic E-state index is 4.51. The van der Waals surface area contributed by atoms with E-state index in [1.54, 1.807) is 0 Å². The lowest BCUT2D eigenvalue weighted by Crippen LogP contribution is -2.23. The number of rotatable bonds is 3. The second-order valence-electron chi connectivity index (χ2n) is 5.94. The van der Waals surface area contributed by atoms with Crippen LogP contribution in [-0.4, -0.2) is 11.5 Å². The molecule has 2 atom stereocenters. The molecule has 3 rings (SSSR count). The van der Waals surface area contributed by atoms with Crippen molar-refractivity contribution in [3.8, 4) is 0 Å². The molecule has 2 unspecified atom stereocenters. The topological polar surface area (TPSA) is 24.9 Å². The first-order valence-electron chi connectivity index (χ1n) is 6.34. The second kappa shape index (κ2) is 3.56. The molecule has 0 saturated heterocycles. The van der Waals surface area contributed by atoms with Crippen LogP contribution in [0.15, 0.2) is 18.3 Å². The van der Waals surface area contributed by atoms with E-state index in [0.29, 0.717) is 11.5 Å². The fraction of sp³-hybridized carbons (Fsp3) is 0.643. The Balaban J connectivity index is 1.61.